The quantitative estimate of drug-likeness (QED) is 0.175. The smallest absolute Gasteiger partial charge is 0.429 e. The second kappa shape index (κ2) is 10.9. The van der Waals surface area contributed by atoms with Gasteiger partial charge in [-0.25, -0.2) is 22.0 Å². The summed E-state index contributed by atoms with van der Waals surface area (Å²) in [5.41, 5.74) is -0.168. The first-order valence-electron chi connectivity index (χ1n) is 11.9. The Kier molecular flexibility index (Phi) is 7.91. The van der Waals surface area contributed by atoms with Gasteiger partial charge in [0.1, 0.15) is 22.9 Å². The molecule has 0 amide bonds. The summed E-state index contributed by atoms with van der Waals surface area (Å²) in [6, 6.07) is 8.85. The molecule has 0 bridgehead atoms. The zero-order valence-electron chi connectivity index (χ0n) is 19.4. The van der Waals surface area contributed by atoms with Crippen LogP contribution in [0.4, 0.5) is 30.7 Å². The maximum atomic E-state index is 14.6. The van der Waals surface area contributed by atoms with Crippen LogP contribution in [-0.2, 0) is 12.5 Å². The Morgan fingerprint density at radius 2 is 1.25 bits per heavy atom. The molecule has 0 radical (unpaired) electrons. The van der Waals surface area contributed by atoms with E-state index in [1.54, 1.807) is 12.1 Å². The van der Waals surface area contributed by atoms with E-state index in [0.717, 1.165) is 30.5 Å². The first-order chi connectivity index (χ1) is 17.1. The Morgan fingerprint density at radius 1 is 0.694 bits per heavy atom. The highest BCUT2D eigenvalue weighted by molar-refractivity contribution is 5.64. The molecule has 1 aliphatic rings. The minimum absolute atomic E-state index is 0.0405. The van der Waals surface area contributed by atoms with E-state index in [1.165, 1.54) is 38.5 Å². The van der Waals surface area contributed by atoms with Gasteiger partial charge in [0.2, 0.25) is 0 Å². The summed E-state index contributed by atoms with van der Waals surface area (Å²) >= 11 is 0. The van der Waals surface area contributed by atoms with Crippen LogP contribution >= 0.6 is 0 Å². The number of ether oxygens (including phenoxy) is 1. The highest BCUT2D eigenvalue weighted by Gasteiger charge is 2.41. The third-order valence-corrected chi connectivity index (χ3v) is 6.64. The second-order valence-corrected chi connectivity index (χ2v) is 9.23. The van der Waals surface area contributed by atoms with Gasteiger partial charge in [-0.15, -0.1) is 0 Å². The molecular formula is C28H25F7O. The van der Waals surface area contributed by atoms with Crippen LogP contribution in [0.5, 0.6) is 5.75 Å². The lowest BCUT2D eigenvalue weighted by molar-refractivity contribution is -0.189. The van der Waals surface area contributed by atoms with Crippen LogP contribution in [0.1, 0.15) is 56.1 Å². The van der Waals surface area contributed by atoms with Crippen molar-refractivity contribution in [2.24, 2.45) is 5.92 Å². The molecular weight excluding hydrogens is 485 g/mol. The van der Waals surface area contributed by atoms with Gasteiger partial charge in [-0.2, -0.15) is 8.78 Å². The molecule has 0 aliphatic heterocycles. The molecule has 3 aromatic carbocycles. The molecule has 3 aromatic rings. The topological polar surface area (TPSA) is 9.23 Å². The largest absolute Gasteiger partial charge is 0.432 e. The zero-order chi connectivity index (χ0) is 25.9. The Hall–Kier alpha value is -3.03. The molecule has 0 spiro atoms. The monoisotopic (exact) mass is 510 g/mol. The van der Waals surface area contributed by atoms with Gasteiger partial charge in [0, 0.05) is 12.1 Å². The molecule has 0 heterocycles. The molecule has 1 aliphatic carbocycles. The van der Waals surface area contributed by atoms with Crippen molar-refractivity contribution >= 4 is 0 Å². The lowest BCUT2D eigenvalue weighted by Gasteiger charge is -2.20. The van der Waals surface area contributed by atoms with Crippen molar-refractivity contribution in [3.63, 3.8) is 0 Å². The van der Waals surface area contributed by atoms with E-state index in [2.05, 4.69) is 4.74 Å². The molecule has 1 nitrogen and oxygen atoms in total. The SMILES string of the molecule is Fc1cc(OC(F)(F)c2c(F)cc(-c3ccc(CCC4CCCCCC4)cc3)cc2F)cc(F)c1F. The van der Waals surface area contributed by atoms with Crippen LogP contribution in [-0.4, -0.2) is 0 Å². The predicted molar refractivity (Wildman–Crippen MR) is 122 cm³/mol. The van der Waals surface area contributed by atoms with Crippen LogP contribution in [0, 0.1) is 35.0 Å². The fraction of sp³-hybridized carbons (Fsp3) is 0.357. The molecule has 4 rings (SSSR count). The van der Waals surface area contributed by atoms with Gasteiger partial charge >= 0.3 is 6.11 Å². The highest BCUT2D eigenvalue weighted by Crippen LogP contribution is 2.37. The number of rotatable bonds is 7. The summed E-state index contributed by atoms with van der Waals surface area (Å²) in [6.07, 6.45) is 4.93. The van der Waals surface area contributed by atoms with E-state index in [0.29, 0.717) is 11.5 Å². The Labute approximate surface area is 204 Å². The van der Waals surface area contributed by atoms with Crippen LogP contribution in [0.25, 0.3) is 11.1 Å². The van der Waals surface area contributed by atoms with Crippen LogP contribution in [0.2, 0.25) is 0 Å². The van der Waals surface area contributed by atoms with E-state index in [9.17, 15) is 30.7 Å². The maximum absolute atomic E-state index is 14.6. The summed E-state index contributed by atoms with van der Waals surface area (Å²) in [7, 11) is 0. The number of benzene rings is 3. The standard InChI is InChI=1S/C28H25F7O/c29-22-13-20(19-11-9-18(10-12-19)8-7-17-5-3-1-2-4-6-17)14-23(30)26(22)28(34,35)36-21-15-24(31)27(33)25(32)16-21/h9-17H,1-8H2. The van der Waals surface area contributed by atoms with Crippen LogP contribution < -0.4 is 4.74 Å². The summed E-state index contributed by atoms with van der Waals surface area (Å²) in [5.74, 6) is -9.08. The van der Waals surface area contributed by atoms with Gasteiger partial charge in [-0.1, -0.05) is 62.8 Å². The van der Waals surface area contributed by atoms with Crippen molar-refractivity contribution < 1.29 is 35.5 Å². The number of hydrogen-bond acceptors (Lipinski definition) is 1. The third kappa shape index (κ3) is 6.02. The molecule has 8 heteroatoms. The molecule has 0 atom stereocenters. The molecule has 1 fully saturated rings. The number of halogens is 7. The molecule has 0 aromatic heterocycles. The lowest BCUT2D eigenvalue weighted by Crippen LogP contribution is -2.25. The van der Waals surface area contributed by atoms with E-state index in [4.69, 9.17) is 0 Å². The molecule has 36 heavy (non-hydrogen) atoms. The Morgan fingerprint density at radius 3 is 1.81 bits per heavy atom. The molecule has 0 N–H and O–H groups in total. The predicted octanol–water partition coefficient (Wildman–Crippen LogP) is 9.08. The fourth-order valence-electron chi connectivity index (χ4n) is 4.70. The van der Waals surface area contributed by atoms with Crippen molar-refractivity contribution in [2.75, 3.05) is 0 Å². The van der Waals surface area contributed by atoms with Crippen LogP contribution in [0.3, 0.4) is 0 Å². The number of hydrogen-bond donors (Lipinski definition) is 0. The number of aryl methyl sites for hydroxylation is 1. The lowest BCUT2D eigenvalue weighted by atomic mass is 9.92. The van der Waals surface area contributed by atoms with Crippen molar-refractivity contribution in [2.45, 2.75) is 57.5 Å². The van der Waals surface area contributed by atoms with Crippen molar-refractivity contribution in [1.82, 2.24) is 0 Å². The summed E-state index contributed by atoms with van der Waals surface area (Å²) in [4.78, 5) is 0. The van der Waals surface area contributed by atoms with Crippen molar-refractivity contribution in [3.8, 4) is 16.9 Å². The summed E-state index contributed by atoms with van der Waals surface area (Å²) < 4.78 is 102. The van der Waals surface area contributed by atoms with Crippen molar-refractivity contribution in [1.29, 1.82) is 0 Å². The number of alkyl halides is 2. The average molecular weight is 510 g/mol. The summed E-state index contributed by atoms with van der Waals surface area (Å²) in [6.45, 7) is 0. The van der Waals surface area contributed by atoms with Gasteiger partial charge in [0.25, 0.3) is 0 Å². The molecule has 0 unspecified atom stereocenters. The molecule has 192 valence electrons. The van der Waals surface area contributed by atoms with Gasteiger partial charge in [-0.3, -0.25) is 0 Å². The first kappa shape index (κ1) is 26.0. The van der Waals surface area contributed by atoms with Gasteiger partial charge in [-0.05, 0) is 47.6 Å². The van der Waals surface area contributed by atoms with E-state index < -0.39 is 46.5 Å². The maximum Gasteiger partial charge on any atom is 0.432 e. The van der Waals surface area contributed by atoms with Gasteiger partial charge in [0.05, 0.1) is 0 Å². The minimum atomic E-state index is -4.62. The highest BCUT2D eigenvalue weighted by atomic mass is 19.3. The fourth-order valence-corrected chi connectivity index (χ4v) is 4.70. The molecule has 1 saturated carbocycles. The Bertz CT molecular complexity index is 1150. The summed E-state index contributed by atoms with van der Waals surface area (Å²) in [5, 5.41) is 0. The zero-order valence-corrected chi connectivity index (χ0v) is 19.4. The van der Waals surface area contributed by atoms with Crippen LogP contribution in [0.15, 0.2) is 48.5 Å². The van der Waals surface area contributed by atoms with Gasteiger partial charge < -0.3 is 4.74 Å². The van der Waals surface area contributed by atoms with Gasteiger partial charge in [0.15, 0.2) is 17.5 Å². The third-order valence-electron chi connectivity index (χ3n) is 6.64. The van der Waals surface area contributed by atoms with Crippen molar-refractivity contribution in [3.05, 3.63) is 88.7 Å². The molecule has 0 saturated heterocycles. The first-order valence-corrected chi connectivity index (χ1v) is 11.9. The average Bonchev–Trinajstić information content (AvgIpc) is 3.09. The Balaban J connectivity index is 1.49. The van der Waals surface area contributed by atoms with E-state index in [-0.39, 0.29) is 17.7 Å². The second-order valence-electron chi connectivity index (χ2n) is 9.23. The minimum Gasteiger partial charge on any atom is -0.429 e. The van der Waals surface area contributed by atoms with E-state index >= 15 is 0 Å². The van der Waals surface area contributed by atoms with E-state index in [1.807, 2.05) is 12.1 Å². The normalized spacial score (nSPS) is 15.1.